The van der Waals surface area contributed by atoms with Crippen molar-refractivity contribution in [2.45, 2.75) is 32.4 Å². The molecule has 4 nitrogen and oxygen atoms in total. The molecule has 0 aliphatic heterocycles. The van der Waals surface area contributed by atoms with Gasteiger partial charge in [-0.1, -0.05) is 0 Å². The normalized spacial score (nSPS) is 14.9. The van der Waals surface area contributed by atoms with E-state index >= 15 is 0 Å². The van der Waals surface area contributed by atoms with Crippen LogP contribution in [-0.4, -0.2) is 15.3 Å². The van der Waals surface area contributed by atoms with Crippen molar-refractivity contribution in [2.24, 2.45) is 5.73 Å². The van der Waals surface area contributed by atoms with Crippen LogP contribution in [0.1, 0.15) is 19.0 Å². The van der Waals surface area contributed by atoms with Crippen molar-refractivity contribution in [1.29, 1.82) is 5.26 Å². The fraction of sp³-hybridized carbons (Fsp3) is 0.556. The molecule has 70 valence electrons. The van der Waals surface area contributed by atoms with Crippen LogP contribution in [0.2, 0.25) is 0 Å². The van der Waals surface area contributed by atoms with E-state index in [1.54, 1.807) is 13.1 Å². The Hall–Kier alpha value is -1.34. The highest BCUT2D eigenvalue weighted by Gasteiger charge is 2.16. The molecule has 0 spiro atoms. The molecular weight excluding hydrogens is 164 g/mol. The van der Waals surface area contributed by atoms with Crippen LogP contribution in [0.3, 0.4) is 0 Å². The average molecular weight is 178 g/mol. The molecule has 0 radical (unpaired) electrons. The summed E-state index contributed by atoms with van der Waals surface area (Å²) in [7, 11) is 0. The highest BCUT2D eigenvalue weighted by molar-refractivity contribution is 5.02. The molecule has 1 aromatic heterocycles. The summed E-state index contributed by atoms with van der Waals surface area (Å²) in [6, 6.07) is 3.99. The lowest BCUT2D eigenvalue weighted by Gasteiger charge is -2.15. The van der Waals surface area contributed by atoms with E-state index in [1.807, 2.05) is 17.7 Å². The molecule has 1 unspecified atom stereocenters. The first kappa shape index (κ1) is 9.75. The van der Waals surface area contributed by atoms with Gasteiger partial charge < -0.3 is 5.73 Å². The number of aryl methyl sites for hydroxylation is 2. The Morgan fingerprint density at radius 3 is 2.92 bits per heavy atom. The molecule has 0 saturated heterocycles. The third-order valence-corrected chi connectivity index (χ3v) is 2.03. The summed E-state index contributed by atoms with van der Waals surface area (Å²) in [5.41, 5.74) is 6.02. The molecule has 1 atom stereocenters. The van der Waals surface area contributed by atoms with Crippen LogP contribution in [0.5, 0.6) is 0 Å². The quantitative estimate of drug-likeness (QED) is 0.745. The van der Waals surface area contributed by atoms with Gasteiger partial charge in [-0.25, -0.2) is 0 Å². The van der Waals surface area contributed by atoms with Crippen molar-refractivity contribution in [3.05, 3.63) is 18.0 Å². The molecule has 1 aromatic rings. The van der Waals surface area contributed by atoms with Crippen molar-refractivity contribution < 1.29 is 0 Å². The first-order valence-corrected chi connectivity index (χ1v) is 4.24. The van der Waals surface area contributed by atoms with Gasteiger partial charge in [0.15, 0.2) is 0 Å². The van der Waals surface area contributed by atoms with E-state index in [0.29, 0.717) is 13.0 Å². The molecule has 4 heteroatoms. The molecule has 0 aliphatic carbocycles. The minimum atomic E-state index is -0.752. The number of hydrogen-bond acceptors (Lipinski definition) is 3. The van der Waals surface area contributed by atoms with Crippen molar-refractivity contribution in [3.63, 3.8) is 0 Å². The van der Waals surface area contributed by atoms with Crippen molar-refractivity contribution in [1.82, 2.24) is 9.78 Å². The molecule has 0 aromatic carbocycles. The maximum Gasteiger partial charge on any atom is 0.103 e. The lowest BCUT2D eigenvalue weighted by molar-refractivity contribution is 0.461. The van der Waals surface area contributed by atoms with Gasteiger partial charge in [-0.05, 0) is 26.3 Å². The summed E-state index contributed by atoms with van der Waals surface area (Å²) in [6.45, 7) is 4.40. The largest absolute Gasteiger partial charge is 0.314 e. The molecule has 13 heavy (non-hydrogen) atoms. The van der Waals surface area contributed by atoms with E-state index in [0.717, 1.165) is 5.69 Å². The molecule has 0 saturated carbocycles. The van der Waals surface area contributed by atoms with Gasteiger partial charge in [0, 0.05) is 18.4 Å². The number of nitriles is 1. The zero-order chi connectivity index (χ0) is 9.90. The zero-order valence-electron chi connectivity index (χ0n) is 7.99. The standard InChI is InChI=1S/C9H14N4/c1-8-3-5-12-13(8)6-4-9(2,11)7-10/h3,5H,4,6,11H2,1-2H3. The molecule has 0 fully saturated rings. The number of hydrogen-bond donors (Lipinski definition) is 1. The Bertz CT molecular complexity index is 319. The maximum atomic E-state index is 8.69. The minimum absolute atomic E-state index is 0.617. The topological polar surface area (TPSA) is 67.6 Å². The highest BCUT2D eigenvalue weighted by Crippen LogP contribution is 2.06. The molecule has 2 N–H and O–H groups in total. The summed E-state index contributed by atoms with van der Waals surface area (Å²) in [6.07, 6.45) is 2.36. The van der Waals surface area contributed by atoms with Crippen molar-refractivity contribution in [3.8, 4) is 6.07 Å². The first-order chi connectivity index (χ1) is 6.05. The van der Waals surface area contributed by atoms with E-state index in [1.165, 1.54) is 0 Å². The molecule has 0 bridgehead atoms. The van der Waals surface area contributed by atoms with E-state index in [2.05, 4.69) is 11.2 Å². The van der Waals surface area contributed by atoms with Gasteiger partial charge in [0.25, 0.3) is 0 Å². The Kier molecular flexibility index (Phi) is 2.69. The average Bonchev–Trinajstić information content (AvgIpc) is 2.48. The lowest BCUT2D eigenvalue weighted by atomic mass is 10.0. The Morgan fingerprint density at radius 2 is 2.46 bits per heavy atom. The van der Waals surface area contributed by atoms with Crippen LogP contribution < -0.4 is 5.73 Å². The highest BCUT2D eigenvalue weighted by atomic mass is 15.3. The molecule has 0 aliphatic rings. The van der Waals surface area contributed by atoms with Gasteiger partial charge in [-0.2, -0.15) is 10.4 Å². The van der Waals surface area contributed by atoms with Crippen LogP contribution in [0.4, 0.5) is 0 Å². The Balaban J connectivity index is 2.54. The first-order valence-electron chi connectivity index (χ1n) is 4.24. The molecule has 1 heterocycles. The van der Waals surface area contributed by atoms with E-state index in [9.17, 15) is 0 Å². The second-order valence-electron chi connectivity index (χ2n) is 3.48. The third kappa shape index (κ3) is 2.56. The van der Waals surface area contributed by atoms with Crippen molar-refractivity contribution >= 4 is 0 Å². The van der Waals surface area contributed by atoms with E-state index < -0.39 is 5.54 Å². The second kappa shape index (κ2) is 3.58. The smallest absolute Gasteiger partial charge is 0.103 e. The number of rotatable bonds is 3. The van der Waals surface area contributed by atoms with Crippen LogP contribution in [0.15, 0.2) is 12.3 Å². The zero-order valence-corrected chi connectivity index (χ0v) is 7.99. The monoisotopic (exact) mass is 178 g/mol. The van der Waals surface area contributed by atoms with E-state index in [-0.39, 0.29) is 0 Å². The Labute approximate surface area is 78.0 Å². The van der Waals surface area contributed by atoms with E-state index in [4.69, 9.17) is 11.0 Å². The summed E-state index contributed by atoms with van der Waals surface area (Å²) in [5, 5.41) is 12.8. The summed E-state index contributed by atoms with van der Waals surface area (Å²) in [5.74, 6) is 0. The third-order valence-electron chi connectivity index (χ3n) is 2.03. The van der Waals surface area contributed by atoms with Gasteiger partial charge in [0.2, 0.25) is 0 Å². The SMILES string of the molecule is Cc1ccnn1CCC(C)(N)C#N. The maximum absolute atomic E-state index is 8.69. The van der Waals surface area contributed by atoms with Gasteiger partial charge in [0.1, 0.15) is 5.54 Å². The predicted octanol–water partition coefficient (Wildman–Crippen LogP) is 0.823. The van der Waals surface area contributed by atoms with Crippen molar-refractivity contribution in [2.75, 3.05) is 0 Å². The lowest BCUT2D eigenvalue weighted by Crippen LogP contribution is -2.35. The molecular formula is C9H14N4. The van der Waals surface area contributed by atoms with Crippen LogP contribution in [-0.2, 0) is 6.54 Å². The Morgan fingerprint density at radius 1 is 1.77 bits per heavy atom. The fourth-order valence-electron chi connectivity index (χ4n) is 1.03. The fourth-order valence-corrected chi connectivity index (χ4v) is 1.03. The van der Waals surface area contributed by atoms with Gasteiger partial charge in [-0.15, -0.1) is 0 Å². The molecule has 0 amide bonds. The predicted molar refractivity (Wildman–Crippen MR) is 49.8 cm³/mol. The second-order valence-corrected chi connectivity index (χ2v) is 3.48. The van der Waals surface area contributed by atoms with Gasteiger partial charge >= 0.3 is 0 Å². The van der Waals surface area contributed by atoms with Crippen LogP contribution >= 0.6 is 0 Å². The van der Waals surface area contributed by atoms with Crippen LogP contribution in [0.25, 0.3) is 0 Å². The number of nitrogens with two attached hydrogens (primary N) is 1. The van der Waals surface area contributed by atoms with Gasteiger partial charge in [-0.3, -0.25) is 4.68 Å². The number of aromatic nitrogens is 2. The number of nitrogens with zero attached hydrogens (tertiary/aromatic N) is 3. The minimum Gasteiger partial charge on any atom is -0.314 e. The van der Waals surface area contributed by atoms with Crippen LogP contribution in [0, 0.1) is 18.3 Å². The summed E-state index contributed by atoms with van der Waals surface area (Å²) >= 11 is 0. The summed E-state index contributed by atoms with van der Waals surface area (Å²) < 4.78 is 1.85. The molecule has 1 rings (SSSR count). The summed E-state index contributed by atoms with van der Waals surface area (Å²) in [4.78, 5) is 0. The van der Waals surface area contributed by atoms with Gasteiger partial charge in [0.05, 0.1) is 6.07 Å².